The minimum absolute atomic E-state index is 0.123. The molecule has 2 amide bonds. The number of rotatable bonds is 7. The van der Waals surface area contributed by atoms with Gasteiger partial charge in [0.15, 0.2) is 0 Å². The number of carbonyl (C=O) groups excluding carboxylic acids is 2. The van der Waals surface area contributed by atoms with Crippen molar-refractivity contribution in [1.29, 1.82) is 5.26 Å². The van der Waals surface area contributed by atoms with Crippen molar-refractivity contribution in [2.75, 3.05) is 4.90 Å². The molecule has 1 unspecified atom stereocenters. The standard InChI is InChI=1S/C26H21Cl2N3O3S/c1-2-16-5-9-19(10-6-16)31-25(33)23(12-17-7-8-18(27)13-22(17)28)35-26(31)21(14-29)24(32)30-15-20-4-3-11-34-20/h3-11,13,23H,2,12,15H2,1H3,(H,30,32)/b26-21-. The van der Waals surface area contributed by atoms with Crippen molar-refractivity contribution in [3.63, 3.8) is 0 Å². The molecule has 1 fully saturated rings. The van der Waals surface area contributed by atoms with Crippen LogP contribution in [0.3, 0.4) is 0 Å². The van der Waals surface area contributed by atoms with Crippen molar-refractivity contribution < 1.29 is 14.0 Å². The third kappa shape index (κ3) is 5.57. The van der Waals surface area contributed by atoms with Gasteiger partial charge in [0.1, 0.15) is 22.4 Å². The maximum Gasteiger partial charge on any atom is 0.265 e. The van der Waals surface area contributed by atoms with Gasteiger partial charge < -0.3 is 9.73 Å². The van der Waals surface area contributed by atoms with E-state index in [1.54, 1.807) is 30.3 Å². The van der Waals surface area contributed by atoms with E-state index in [-0.39, 0.29) is 23.1 Å². The largest absolute Gasteiger partial charge is 0.467 e. The maximum atomic E-state index is 13.6. The van der Waals surface area contributed by atoms with Crippen LogP contribution >= 0.6 is 35.0 Å². The SMILES string of the molecule is CCc1ccc(N2C(=O)C(Cc3ccc(Cl)cc3Cl)S/C2=C(/C#N)C(=O)NCc2ccco2)cc1. The molecule has 178 valence electrons. The van der Waals surface area contributed by atoms with Gasteiger partial charge in [-0.25, -0.2) is 0 Å². The summed E-state index contributed by atoms with van der Waals surface area (Å²) in [6.07, 6.45) is 2.67. The molecule has 1 saturated heterocycles. The van der Waals surface area contributed by atoms with Crippen molar-refractivity contribution in [2.24, 2.45) is 0 Å². The highest BCUT2D eigenvalue weighted by atomic mass is 35.5. The molecular weight excluding hydrogens is 505 g/mol. The summed E-state index contributed by atoms with van der Waals surface area (Å²) in [6.45, 7) is 2.16. The molecular formula is C26H21Cl2N3O3S. The quantitative estimate of drug-likeness (QED) is 0.307. The molecule has 1 aromatic heterocycles. The zero-order chi connectivity index (χ0) is 24.9. The molecule has 9 heteroatoms. The molecule has 4 rings (SSSR count). The summed E-state index contributed by atoms with van der Waals surface area (Å²) < 4.78 is 5.25. The second-order valence-corrected chi connectivity index (χ2v) is 9.83. The van der Waals surface area contributed by atoms with Gasteiger partial charge in [-0.2, -0.15) is 5.26 Å². The summed E-state index contributed by atoms with van der Waals surface area (Å²) in [4.78, 5) is 28.0. The smallest absolute Gasteiger partial charge is 0.265 e. The highest BCUT2D eigenvalue weighted by Gasteiger charge is 2.41. The number of amides is 2. The number of nitrogens with zero attached hydrogens (tertiary/aromatic N) is 2. The fraction of sp³-hybridized carbons (Fsp3) is 0.192. The Bertz CT molecular complexity index is 1310. The predicted molar refractivity (Wildman–Crippen MR) is 138 cm³/mol. The first-order valence-corrected chi connectivity index (χ1v) is 12.5. The van der Waals surface area contributed by atoms with E-state index in [2.05, 4.69) is 5.32 Å². The van der Waals surface area contributed by atoms with Gasteiger partial charge in [0.05, 0.1) is 18.1 Å². The molecule has 2 heterocycles. The van der Waals surface area contributed by atoms with Crippen LogP contribution in [0.2, 0.25) is 10.0 Å². The molecule has 0 radical (unpaired) electrons. The Hall–Kier alpha value is -3.18. The molecule has 3 aromatic rings. The Labute approximate surface area is 217 Å². The van der Waals surface area contributed by atoms with Crippen LogP contribution in [-0.2, 0) is 29.0 Å². The molecule has 0 bridgehead atoms. The van der Waals surface area contributed by atoms with Gasteiger partial charge in [-0.1, -0.05) is 60.1 Å². The molecule has 2 aromatic carbocycles. The van der Waals surface area contributed by atoms with Crippen LogP contribution in [-0.4, -0.2) is 17.1 Å². The fourth-order valence-corrected chi connectivity index (χ4v) is 5.44. The van der Waals surface area contributed by atoms with Crippen LogP contribution in [0, 0.1) is 11.3 Å². The average Bonchev–Trinajstić information content (AvgIpc) is 3.48. The number of halogens is 2. The first kappa shape index (κ1) is 24.9. The Kier molecular flexibility index (Phi) is 7.86. The highest BCUT2D eigenvalue weighted by molar-refractivity contribution is 8.05. The molecule has 0 spiro atoms. The summed E-state index contributed by atoms with van der Waals surface area (Å²) in [5.74, 6) is -0.260. The zero-order valence-electron chi connectivity index (χ0n) is 18.8. The Morgan fingerprint density at radius 1 is 1.20 bits per heavy atom. The lowest BCUT2D eigenvalue weighted by molar-refractivity contribution is -0.117. The Morgan fingerprint density at radius 3 is 2.60 bits per heavy atom. The van der Waals surface area contributed by atoms with E-state index in [9.17, 15) is 14.9 Å². The fourth-order valence-electron chi connectivity index (χ4n) is 3.66. The van der Waals surface area contributed by atoms with Crippen LogP contribution in [0.4, 0.5) is 5.69 Å². The summed E-state index contributed by atoms with van der Waals surface area (Å²) >= 11 is 13.6. The second kappa shape index (κ2) is 11.0. The second-order valence-electron chi connectivity index (χ2n) is 7.79. The number of nitriles is 1. The first-order chi connectivity index (χ1) is 16.9. The van der Waals surface area contributed by atoms with Crippen LogP contribution in [0.1, 0.15) is 23.8 Å². The summed E-state index contributed by atoms with van der Waals surface area (Å²) in [5.41, 5.74) is 2.31. The minimum atomic E-state index is -0.584. The number of thioether (sulfide) groups is 1. The van der Waals surface area contributed by atoms with E-state index in [0.717, 1.165) is 17.5 Å². The van der Waals surface area contributed by atoms with Crippen molar-refractivity contribution in [3.8, 4) is 6.07 Å². The Balaban J connectivity index is 1.69. The van der Waals surface area contributed by atoms with Gasteiger partial charge in [0.25, 0.3) is 5.91 Å². The van der Waals surface area contributed by atoms with Crippen molar-refractivity contribution in [1.82, 2.24) is 5.32 Å². The van der Waals surface area contributed by atoms with Gasteiger partial charge in [-0.3, -0.25) is 14.5 Å². The van der Waals surface area contributed by atoms with Crippen molar-refractivity contribution in [2.45, 2.75) is 31.6 Å². The monoisotopic (exact) mass is 525 g/mol. The molecule has 1 aliphatic rings. The summed E-state index contributed by atoms with van der Waals surface area (Å²) in [7, 11) is 0. The van der Waals surface area contributed by atoms with Crippen molar-refractivity contribution >= 4 is 52.5 Å². The molecule has 0 aliphatic carbocycles. The molecule has 35 heavy (non-hydrogen) atoms. The number of aryl methyl sites for hydroxylation is 1. The maximum absolute atomic E-state index is 13.6. The van der Waals surface area contributed by atoms with Crippen LogP contribution in [0.5, 0.6) is 0 Å². The van der Waals surface area contributed by atoms with Crippen LogP contribution < -0.4 is 10.2 Å². The van der Waals surface area contributed by atoms with Crippen molar-refractivity contribution in [3.05, 3.63) is 98.4 Å². The van der Waals surface area contributed by atoms with Gasteiger partial charge in [-0.05, 0) is 60.4 Å². The third-order valence-corrected chi connectivity index (χ3v) is 7.38. The molecule has 1 N–H and O–H groups in total. The van der Waals surface area contributed by atoms with E-state index in [0.29, 0.717) is 27.9 Å². The summed E-state index contributed by atoms with van der Waals surface area (Å²) in [6, 6.07) is 18.1. The molecule has 1 aliphatic heterocycles. The Morgan fingerprint density at radius 2 is 1.97 bits per heavy atom. The van der Waals surface area contributed by atoms with Crippen LogP contribution in [0.25, 0.3) is 0 Å². The van der Waals surface area contributed by atoms with E-state index >= 15 is 0 Å². The number of carbonyl (C=O) groups is 2. The van der Waals surface area contributed by atoms with Gasteiger partial charge >= 0.3 is 0 Å². The number of hydrogen-bond donors (Lipinski definition) is 1. The number of hydrogen-bond acceptors (Lipinski definition) is 5. The third-order valence-electron chi connectivity index (χ3n) is 5.53. The minimum Gasteiger partial charge on any atom is -0.467 e. The van der Waals surface area contributed by atoms with E-state index < -0.39 is 11.2 Å². The van der Waals surface area contributed by atoms with E-state index in [1.807, 2.05) is 37.3 Å². The van der Waals surface area contributed by atoms with Gasteiger partial charge in [0, 0.05) is 15.7 Å². The molecule has 6 nitrogen and oxygen atoms in total. The molecule has 0 saturated carbocycles. The highest BCUT2D eigenvalue weighted by Crippen LogP contribution is 2.42. The van der Waals surface area contributed by atoms with E-state index in [1.165, 1.54) is 22.9 Å². The first-order valence-electron chi connectivity index (χ1n) is 10.9. The van der Waals surface area contributed by atoms with Crippen LogP contribution in [0.15, 0.2) is 75.9 Å². The van der Waals surface area contributed by atoms with Gasteiger partial charge in [-0.15, -0.1) is 0 Å². The molecule has 1 atom stereocenters. The lowest BCUT2D eigenvalue weighted by atomic mass is 10.1. The summed E-state index contributed by atoms with van der Waals surface area (Å²) in [5, 5.41) is 13.3. The number of furan rings is 1. The zero-order valence-corrected chi connectivity index (χ0v) is 21.1. The number of anilines is 1. The topological polar surface area (TPSA) is 86.3 Å². The number of benzene rings is 2. The lowest BCUT2D eigenvalue weighted by Crippen LogP contribution is -2.32. The van der Waals surface area contributed by atoms with Gasteiger partial charge in [0.2, 0.25) is 5.91 Å². The predicted octanol–water partition coefficient (Wildman–Crippen LogP) is 5.89. The lowest BCUT2D eigenvalue weighted by Gasteiger charge is -2.19. The normalized spacial score (nSPS) is 16.8. The number of nitrogens with one attached hydrogen (secondary N) is 1. The van der Waals surface area contributed by atoms with E-state index in [4.69, 9.17) is 27.6 Å². The average molecular weight is 526 g/mol.